The Bertz CT molecular complexity index is 1330. The predicted molar refractivity (Wildman–Crippen MR) is 140 cm³/mol. The molecule has 1 N–H and O–H groups in total. The average molecular weight is 655 g/mol. The van der Waals surface area contributed by atoms with Crippen molar-refractivity contribution >= 4 is 79.4 Å². The largest absolute Gasteiger partial charge is 0.487 e. The molecule has 0 spiro atoms. The molecule has 0 saturated carbocycles. The minimum absolute atomic E-state index is 0.0521. The molecule has 0 bridgehead atoms. The summed E-state index contributed by atoms with van der Waals surface area (Å²) in [5, 5.41) is 2.24. The summed E-state index contributed by atoms with van der Waals surface area (Å²) in [6.07, 6.45) is 1.41. The number of hydrogen-bond acceptors (Lipinski definition) is 4. The Morgan fingerprint density at radius 2 is 1.79 bits per heavy atom. The molecule has 4 rings (SSSR count). The molecule has 1 fully saturated rings. The molecule has 3 aromatic carbocycles. The zero-order valence-electron chi connectivity index (χ0n) is 17.2. The first-order valence-electron chi connectivity index (χ1n) is 9.77. The summed E-state index contributed by atoms with van der Waals surface area (Å²) in [7, 11) is 0. The number of amides is 2. The molecule has 2 amide bonds. The van der Waals surface area contributed by atoms with Crippen molar-refractivity contribution in [2.24, 2.45) is 0 Å². The van der Waals surface area contributed by atoms with E-state index in [1.807, 2.05) is 0 Å². The zero-order chi connectivity index (χ0) is 24.4. The van der Waals surface area contributed by atoms with Crippen molar-refractivity contribution in [2.45, 2.75) is 6.61 Å². The number of para-hydroxylation sites is 1. The van der Waals surface area contributed by atoms with Gasteiger partial charge in [0.2, 0.25) is 0 Å². The molecule has 3 aromatic rings. The molecule has 1 heterocycles. The number of nitrogens with zero attached hydrogens (tertiary/aromatic N) is 1. The Hall–Kier alpha value is -2.70. The Morgan fingerprint density at radius 3 is 2.47 bits per heavy atom. The molecule has 34 heavy (non-hydrogen) atoms. The van der Waals surface area contributed by atoms with Gasteiger partial charge in [0, 0.05) is 0 Å². The number of benzene rings is 3. The maximum absolute atomic E-state index is 14.3. The van der Waals surface area contributed by atoms with Crippen LogP contribution < -0.4 is 15.0 Å². The van der Waals surface area contributed by atoms with Gasteiger partial charge in [-0.05, 0) is 104 Å². The minimum atomic E-state index is -0.735. The quantitative estimate of drug-likeness (QED) is 0.165. The van der Waals surface area contributed by atoms with E-state index in [1.165, 1.54) is 36.4 Å². The Morgan fingerprint density at radius 1 is 1.09 bits per heavy atom. The van der Waals surface area contributed by atoms with Gasteiger partial charge in [-0.15, -0.1) is 0 Å². The summed E-state index contributed by atoms with van der Waals surface area (Å²) < 4.78 is 34.6. The van der Waals surface area contributed by atoms with Gasteiger partial charge in [-0.3, -0.25) is 14.9 Å². The van der Waals surface area contributed by atoms with Gasteiger partial charge in [-0.25, -0.2) is 13.7 Å². The Kier molecular flexibility index (Phi) is 7.39. The van der Waals surface area contributed by atoms with Crippen LogP contribution >= 0.6 is 50.7 Å². The van der Waals surface area contributed by atoms with Crippen molar-refractivity contribution in [3.63, 3.8) is 0 Å². The lowest BCUT2D eigenvalue weighted by molar-refractivity contribution is -0.122. The van der Waals surface area contributed by atoms with Crippen LogP contribution in [0, 0.1) is 15.2 Å². The number of anilines is 1. The number of carbonyl (C=O) groups excluding carboxylic acids is 2. The van der Waals surface area contributed by atoms with Gasteiger partial charge in [0.25, 0.3) is 11.8 Å². The third-order valence-corrected chi connectivity index (χ3v) is 6.50. The number of carbonyl (C=O) groups is 2. The van der Waals surface area contributed by atoms with Gasteiger partial charge in [0.15, 0.2) is 5.11 Å². The first-order chi connectivity index (χ1) is 16.2. The van der Waals surface area contributed by atoms with E-state index in [9.17, 15) is 18.4 Å². The van der Waals surface area contributed by atoms with Crippen molar-refractivity contribution in [2.75, 3.05) is 4.90 Å². The number of hydrogen-bond donors (Lipinski definition) is 1. The predicted octanol–water partition coefficient (Wildman–Crippen LogP) is 5.74. The van der Waals surface area contributed by atoms with Crippen LogP contribution in [0.15, 0.2) is 70.7 Å². The fraction of sp³-hybridized carbons (Fsp3) is 0.0417. The van der Waals surface area contributed by atoms with Crippen molar-refractivity contribution in [1.82, 2.24) is 5.32 Å². The lowest BCUT2D eigenvalue weighted by Gasteiger charge is -2.29. The molecule has 0 atom stereocenters. The summed E-state index contributed by atoms with van der Waals surface area (Å²) in [5.74, 6) is -1.83. The highest BCUT2D eigenvalue weighted by molar-refractivity contribution is 14.1. The number of halogens is 4. The maximum atomic E-state index is 14.3. The fourth-order valence-corrected chi connectivity index (χ4v) is 5.26. The topological polar surface area (TPSA) is 58.6 Å². The summed E-state index contributed by atoms with van der Waals surface area (Å²) in [4.78, 5) is 26.6. The van der Waals surface area contributed by atoms with Gasteiger partial charge in [0.05, 0.1) is 13.7 Å². The molecule has 0 radical (unpaired) electrons. The molecular weight excluding hydrogens is 641 g/mol. The summed E-state index contributed by atoms with van der Waals surface area (Å²) in [5.41, 5.74) is 1.09. The van der Waals surface area contributed by atoms with E-state index in [4.69, 9.17) is 17.0 Å². The zero-order valence-corrected chi connectivity index (χ0v) is 21.7. The van der Waals surface area contributed by atoms with E-state index in [-0.39, 0.29) is 28.8 Å². The fourth-order valence-electron chi connectivity index (χ4n) is 3.21. The van der Waals surface area contributed by atoms with Gasteiger partial charge in [-0.2, -0.15) is 0 Å². The smallest absolute Gasteiger partial charge is 0.270 e. The second-order valence-corrected chi connectivity index (χ2v) is 9.54. The van der Waals surface area contributed by atoms with E-state index in [0.717, 1.165) is 10.5 Å². The molecule has 0 unspecified atom stereocenters. The van der Waals surface area contributed by atoms with Gasteiger partial charge in [0.1, 0.15) is 29.6 Å². The first-order valence-corrected chi connectivity index (χ1v) is 12.0. The Balaban J connectivity index is 1.61. The van der Waals surface area contributed by atoms with Crippen molar-refractivity contribution in [1.29, 1.82) is 0 Å². The van der Waals surface area contributed by atoms with Gasteiger partial charge in [-0.1, -0.05) is 24.3 Å². The minimum Gasteiger partial charge on any atom is -0.487 e. The van der Waals surface area contributed by atoms with Crippen LogP contribution in [0.3, 0.4) is 0 Å². The van der Waals surface area contributed by atoms with Crippen LogP contribution in [0.2, 0.25) is 0 Å². The van der Waals surface area contributed by atoms with E-state index in [1.54, 1.807) is 30.3 Å². The third kappa shape index (κ3) is 5.18. The molecule has 10 heteroatoms. The molecule has 1 aliphatic heterocycles. The monoisotopic (exact) mass is 654 g/mol. The highest BCUT2D eigenvalue weighted by Crippen LogP contribution is 2.34. The SMILES string of the molecule is O=C1NC(=S)N(c2ccccc2F)C(=O)/C1=C/c1cc(Br)c(OCc2ccc(F)cc2)c(I)c1. The number of nitrogens with one attached hydrogen (secondary N) is 1. The lowest BCUT2D eigenvalue weighted by atomic mass is 10.1. The van der Waals surface area contributed by atoms with E-state index >= 15 is 0 Å². The van der Waals surface area contributed by atoms with E-state index < -0.39 is 17.6 Å². The average Bonchev–Trinajstić information content (AvgIpc) is 2.78. The molecule has 0 aromatic heterocycles. The van der Waals surface area contributed by atoms with Crippen LogP contribution in [0.1, 0.15) is 11.1 Å². The van der Waals surface area contributed by atoms with Gasteiger partial charge < -0.3 is 4.74 Å². The molecule has 5 nitrogen and oxygen atoms in total. The van der Waals surface area contributed by atoms with E-state index in [0.29, 0.717) is 19.4 Å². The Labute approximate surface area is 221 Å². The van der Waals surface area contributed by atoms with Crippen molar-refractivity contribution in [3.05, 3.63) is 97.0 Å². The molecule has 1 saturated heterocycles. The second kappa shape index (κ2) is 10.3. The lowest BCUT2D eigenvalue weighted by Crippen LogP contribution is -2.54. The maximum Gasteiger partial charge on any atom is 0.270 e. The summed E-state index contributed by atoms with van der Waals surface area (Å²) in [6, 6.07) is 15.1. The van der Waals surface area contributed by atoms with Crippen LogP contribution in [0.4, 0.5) is 14.5 Å². The normalized spacial score (nSPS) is 15.0. The molecule has 1 aliphatic rings. The third-order valence-electron chi connectivity index (χ3n) is 4.82. The number of thiocarbonyl (C=S) groups is 1. The van der Waals surface area contributed by atoms with Crippen molar-refractivity contribution < 1.29 is 23.1 Å². The number of rotatable bonds is 5. The number of ether oxygens (including phenoxy) is 1. The first kappa shape index (κ1) is 24.4. The van der Waals surface area contributed by atoms with E-state index in [2.05, 4.69) is 43.8 Å². The van der Waals surface area contributed by atoms with Crippen LogP contribution in [0.25, 0.3) is 6.08 Å². The summed E-state index contributed by atoms with van der Waals surface area (Å²) >= 11 is 10.6. The molecular formula is C24H14BrF2IN2O3S. The summed E-state index contributed by atoms with van der Waals surface area (Å²) in [6.45, 7) is 0.227. The van der Waals surface area contributed by atoms with Gasteiger partial charge >= 0.3 is 0 Å². The van der Waals surface area contributed by atoms with Crippen LogP contribution in [-0.4, -0.2) is 16.9 Å². The second-order valence-electron chi connectivity index (χ2n) is 7.14. The molecule has 172 valence electrons. The van der Waals surface area contributed by atoms with Crippen molar-refractivity contribution in [3.8, 4) is 5.75 Å². The highest BCUT2D eigenvalue weighted by Gasteiger charge is 2.35. The van der Waals surface area contributed by atoms with Crippen LogP contribution in [-0.2, 0) is 16.2 Å². The molecule has 0 aliphatic carbocycles. The highest BCUT2D eigenvalue weighted by atomic mass is 127. The van der Waals surface area contributed by atoms with Crippen LogP contribution in [0.5, 0.6) is 5.75 Å². The standard InChI is InChI=1S/C24H14BrF2IN2O3S/c25-17-10-14(11-19(28)21(17)33-12-13-5-7-15(26)8-6-13)9-16-22(31)29-24(34)30(23(16)32)20-4-2-1-3-18(20)27/h1-11H,12H2,(H,29,31,34)/b16-9+.